The van der Waals surface area contributed by atoms with E-state index in [9.17, 15) is 9.59 Å². The van der Waals surface area contributed by atoms with Gasteiger partial charge >= 0.3 is 0 Å². The molecule has 0 aliphatic carbocycles. The molecule has 0 bridgehead atoms. The van der Waals surface area contributed by atoms with Crippen LogP contribution < -0.4 is 26.6 Å². The van der Waals surface area contributed by atoms with Crippen LogP contribution in [0.1, 0.15) is 0 Å². The highest BCUT2D eigenvalue weighted by molar-refractivity contribution is 6.04. The normalized spacial score (nSPS) is 13.9. The highest BCUT2D eigenvalue weighted by Gasteiger charge is 2.28. The predicted molar refractivity (Wildman–Crippen MR) is 61.0 cm³/mol. The fourth-order valence-corrected chi connectivity index (χ4v) is 1.64. The van der Waals surface area contributed by atoms with Gasteiger partial charge in [-0.05, 0) is 12.1 Å². The average molecular weight is 236 g/mol. The van der Waals surface area contributed by atoms with Crippen molar-refractivity contribution in [3.63, 3.8) is 0 Å². The number of nitrogen functional groups attached to an aromatic ring is 1. The summed E-state index contributed by atoms with van der Waals surface area (Å²) >= 11 is 0. The minimum atomic E-state index is -0.477. The van der Waals surface area contributed by atoms with Gasteiger partial charge in [0, 0.05) is 0 Å². The Labute approximate surface area is 97.3 Å². The van der Waals surface area contributed by atoms with Crippen LogP contribution in [0.2, 0.25) is 0 Å². The van der Waals surface area contributed by atoms with Crippen LogP contribution in [0.15, 0.2) is 18.2 Å². The van der Waals surface area contributed by atoms with Crippen molar-refractivity contribution in [1.82, 2.24) is 5.43 Å². The second-order valence-corrected chi connectivity index (χ2v) is 3.53. The first-order valence-electron chi connectivity index (χ1n) is 4.94. The van der Waals surface area contributed by atoms with Gasteiger partial charge < -0.3 is 10.5 Å². The van der Waals surface area contributed by atoms with Crippen LogP contribution in [0.5, 0.6) is 5.75 Å². The number of nitrogens with one attached hydrogen (secondary N) is 1. The summed E-state index contributed by atoms with van der Waals surface area (Å²) in [5.74, 6) is 4.66. The van der Waals surface area contributed by atoms with Crippen molar-refractivity contribution < 1.29 is 14.3 Å². The molecule has 0 unspecified atom stereocenters. The molecular formula is C10H12N4O3. The van der Waals surface area contributed by atoms with E-state index in [0.717, 1.165) is 0 Å². The number of carbonyl (C=O) groups is 2. The Morgan fingerprint density at radius 2 is 2.29 bits per heavy atom. The molecule has 0 spiro atoms. The molecule has 0 aromatic heterocycles. The molecule has 0 atom stereocenters. The summed E-state index contributed by atoms with van der Waals surface area (Å²) in [6.45, 7) is -0.297. The number of nitrogens with two attached hydrogens (primary N) is 2. The molecule has 0 fully saturated rings. The number of carbonyl (C=O) groups excluding carboxylic acids is 2. The zero-order valence-corrected chi connectivity index (χ0v) is 8.97. The maximum absolute atomic E-state index is 11.7. The molecule has 0 saturated carbocycles. The first-order valence-corrected chi connectivity index (χ1v) is 4.94. The monoisotopic (exact) mass is 236 g/mol. The summed E-state index contributed by atoms with van der Waals surface area (Å²) in [6.07, 6.45) is 0. The van der Waals surface area contributed by atoms with Crippen molar-refractivity contribution in [2.24, 2.45) is 5.84 Å². The van der Waals surface area contributed by atoms with Crippen LogP contribution in [0.3, 0.4) is 0 Å². The second kappa shape index (κ2) is 4.30. The lowest BCUT2D eigenvalue weighted by atomic mass is 10.2. The zero-order chi connectivity index (χ0) is 12.4. The van der Waals surface area contributed by atoms with Gasteiger partial charge in [0.1, 0.15) is 18.0 Å². The van der Waals surface area contributed by atoms with Crippen LogP contribution >= 0.6 is 0 Å². The molecule has 1 aliphatic rings. The van der Waals surface area contributed by atoms with E-state index < -0.39 is 5.91 Å². The topological polar surface area (TPSA) is 111 Å². The first-order chi connectivity index (χ1) is 8.13. The van der Waals surface area contributed by atoms with Crippen molar-refractivity contribution in [3.8, 4) is 5.75 Å². The highest BCUT2D eigenvalue weighted by atomic mass is 16.5. The third kappa shape index (κ3) is 2.00. The standard InChI is InChI=1S/C10H12N4O3/c11-6-2-1-3-7-10(6)14(4-8(15)13-12)9(16)5-17-7/h1-3H,4-5,11-12H2,(H,13,15). The summed E-state index contributed by atoms with van der Waals surface area (Å²) in [5, 5.41) is 0. The molecule has 0 radical (unpaired) electrons. The lowest BCUT2D eigenvalue weighted by Crippen LogP contribution is -2.46. The molecular weight excluding hydrogens is 224 g/mol. The van der Waals surface area contributed by atoms with E-state index in [2.05, 4.69) is 0 Å². The molecule has 1 aromatic rings. The zero-order valence-electron chi connectivity index (χ0n) is 8.97. The molecule has 7 heteroatoms. The summed E-state index contributed by atoms with van der Waals surface area (Å²) < 4.78 is 5.23. The Hall–Kier alpha value is -2.28. The number of nitrogens with zero attached hydrogens (tertiary/aromatic N) is 1. The maximum Gasteiger partial charge on any atom is 0.265 e. The fraction of sp³-hybridized carbons (Fsp3) is 0.200. The third-order valence-electron chi connectivity index (χ3n) is 2.42. The number of ether oxygens (including phenoxy) is 1. The van der Waals surface area contributed by atoms with Crippen LogP contribution in [-0.4, -0.2) is 25.0 Å². The van der Waals surface area contributed by atoms with Crippen LogP contribution in [0, 0.1) is 0 Å². The summed E-state index contributed by atoms with van der Waals surface area (Å²) in [5.41, 5.74) is 8.53. The number of hydrogen-bond donors (Lipinski definition) is 3. The Morgan fingerprint density at radius 1 is 1.53 bits per heavy atom. The van der Waals surface area contributed by atoms with Crippen LogP contribution in [-0.2, 0) is 9.59 Å². The van der Waals surface area contributed by atoms with E-state index in [4.69, 9.17) is 16.3 Å². The molecule has 1 aliphatic heterocycles. The Morgan fingerprint density at radius 3 is 3.00 bits per heavy atom. The lowest BCUT2D eigenvalue weighted by Gasteiger charge is -2.29. The molecule has 2 rings (SSSR count). The summed E-state index contributed by atoms with van der Waals surface area (Å²) in [7, 11) is 0. The average Bonchev–Trinajstić information content (AvgIpc) is 2.33. The van der Waals surface area contributed by atoms with Gasteiger partial charge in [0.15, 0.2) is 6.61 Å². The Balaban J connectivity index is 2.39. The molecule has 90 valence electrons. The predicted octanol–water partition coefficient (Wildman–Crippen LogP) is -1.02. The number of hydrogen-bond acceptors (Lipinski definition) is 5. The minimum absolute atomic E-state index is 0.117. The van der Waals surface area contributed by atoms with Crippen molar-refractivity contribution >= 4 is 23.2 Å². The maximum atomic E-state index is 11.7. The molecule has 0 saturated heterocycles. The van der Waals surface area contributed by atoms with E-state index in [1.54, 1.807) is 18.2 Å². The van der Waals surface area contributed by atoms with Gasteiger partial charge in [0.25, 0.3) is 11.8 Å². The van der Waals surface area contributed by atoms with E-state index in [0.29, 0.717) is 17.1 Å². The second-order valence-electron chi connectivity index (χ2n) is 3.53. The minimum Gasteiger partial charge on any atom is -0.481 e. The number of fused-ring (bicyclic) bond motifs is 1. The lowest BCUT2D eigenvalue weighted by molar-refractivity contribution is -0.125. The van der Waals surface area contributed by atoms with Crippen molar-refractivity contribution in [1.29, 1.82) is 0 Å². The summed E-state index contributed by atoms with van der Waals surface area (Å²) in [4.78, 5) is 24.2. The van der Waals surface area contributed by atoms with Gasteiger partial charge in [-0.2, -0.15) is 0 Å². The summed E-state index contributed by atoms with van der Waals surface area (Å²) in [6, 6.07) is 5.03. The molecule has 2 amide bonds. The van der Waals surface area contributed by atoms with Crippen molar-refractivity contribution in [2.45, 2.75) is 0 Å². The quantitative estimate of drug-likeness (QED) is 0.263. The van der Waals surface area contributed by atoms with E-state index in [-0.39, 0.29) is 19.1 Å². The molecule has 17 heavy (non-hydrogen) atoms. The van der Waals surface area contributed by atoms with E-state index >= 15 is 0 Å². The molecule has 7 nitrogen and oxygen atoms in total. The number of hydrazine groups is 1. The molecule has 1 aromatic carbocycles. The first kappa shape index (κ1) is 11.2. The number of para-hydroxylation sites is 1. The van der Waals surface area contributed by atoms with Crippen LogP contribution in [0.4, 0.5) is 11.4 Å². The number of rotatable bonds is 2. The third-order valence-corrected chi connectivity index (χ3v) is 2.42. The van der Waals surface area contributed by atoms with Gasteiger partial charge in [-0.25, -0.2) is 5.84 Å². The Kier molecular flexibility index (Phi) is 2.84. The van der Waals surface area contributed by atoms with E-state index in [1.165, 1.54) is 4.90 Å². The number of benzene rings is 1. The molecule has 5 N–H and O–H groups in total. The smallest absolute Gasteiger partial charge is 0.265 e. The van der Waals surface area contributed by atoms with Gasteiger partial charge in [0.05, 0.1) is 5.69 Å². The van der Waals surface area contributed by atoms with Gasteiger partial charge in [-0.15, -0.1) is 0 Å². The largest absolute Gasteiger partial charge is 0.481 e. The van der Waals surface area contributed by atoms with Gasteiger partial charge in [0.2, 0.25) is 0 Å². The van der Waals surface area contributed by atoms with E-state index in [1.807, 2.05) is 5.43 Å². The van der Waals surface area contributed by atoms with Crippen LogP contribution in [0.25, 0.3) is 0 Å². The molecule has 1 heterocycles. The van der Waals surface area contributed by atoms with Gasteiger partial charge in [-0.3, -0.25) is 19.9 Å². The Bertz CT molecular complexity index is 475. The van der Waals surface area contributed by atoms with Crippen molar-refractivity contribution in [2.75, 3.05) is 23.8 Å². The number of anilines is 2. The number of amides is 2. The van der Waals surface area contributed by atoms with Gasteiger partial charge in [-0.1, -0.05) is 6.07 Å². The SMILES string of the molecule is NNC(=O)CN1C(=O)COc2cccc(N)c21. The highest BCUT2D eigenvalue weighted by Crippen LogP contribution is 2.36. The van der Waals surface area contributed by atoms with Crippen molar-refractivity contribution in [3.05, 3.63) is 18.2 Å². The fourth-order valence-electron chi connectivity index (χ4n) is 1.64.